The topological polar surface area (TPSA) is 29.1 Å². The normalized spacial score (nSPS) is 27.3. The number of hydrogen-bond acceptors (Lipinski definition) is 1. The molecule has 0 unspecified atom stereocenters. The highest BCUT2D eigenvalue weighted by atomic mass is 16.2. The van der Waals surface area contributed by atoms with E-state index in [1.807, 2.05) is 6.92 Å². The highest BCUT2D eigenvalue weighted by molar-refractivity contribution is 5.91. The molecule has 1 heterocycles. The predicted octanol–water partition coefficient (Wildman–Crippen LogP) is 1.58. The van der Waals surface area contributed by atoms with Crippen molar-refractivity contribution in [3.63, 3.8) is 0 Å². The van der Waals surface area contributed by atoms with Gasteiger partial charge in [0.25, 0.3) is 0 Å². The van der Waals surface area contributed by atoms with Gasteiger partial charge in [-0.1, -0.05) is 6.42 Å². The zero-order valence-electron chi connectivity index (χ0n) is 7.03. The summed E-state index contributed by atoms with van der Waals surface area (Å²) in [4.78, 5) is 11.4. The van der Waals surface area contributed by atoms with Crippen LogP contribution in [-0.4, -0.2) is 5.91 Å². The number of allylic oxidation sites excluding steroid dienone is 1. The maximum absolute atomic E-state index is 11.4. The first-order valence-electron chi connectivity index (χ1n) is 4.16. The molecule has 1 amide bonds. The Bertz CT molecular complexity index is 248. The molecular weight excluding hydrogens is 138 g/mol. The van der Waals surface area contributed by atoms with Gasteiger partial charge >= 0.3 is 0 Å². The summed E-state index contributed by atoms with van der Waals surface area (Å²) >= 11 is 0. The Hall–Kier alpha value is -0.790. The van der Waals surface area contributed by atoms with Gasteiger partial charge < -0.3 is 5.32 Å². The smallest absolute Gasteiger partial charge is 0.234 e. The average molecular weight is 151 g/mol. The van der Waals surface area contributed by atoms with Crippen LogP contribution in [0.1, 0.15) is 33.1 Å². The zero-order chi connectivity index (χ0) is 8.06. The molecule has 2 nitrogen and oxygen atoms in total. The highest BCUT2D eigenvalue weighted by Crippen LogP contribution is 2.50. The average Bonchev–Trinajstić information content (AvgIpc) is 2.03. The van der Waals surface area contributed by atoms with Gasteiger partial charge in [-0.25, -0.2) is 0 Å². The van der Waals surface area contributed by atoms with E-state index in [4.69, 9.17) is 0 Å². The first-order valence-corrected chi connectivity index (χ1v) is 4.16. The van der Waals surface area contributed by atoms with Crippen molar-refractivity contribution in [1.82, 2.24) is 5.32 Å². The molecule has 1 aliphatic heterocycles. The van der Waals surface area contributed by atoms with E-state index in [0.717, 1.165) is 18.5 Å². The lowest BCUT2D eigenvalue weighted by molar-refractivity contribution is -0.130. The summed E-state index contributed by atoms with van der Waals surface area (Å²) in [5.74, 6) is 0.235. The molecule has 2 rings (SSSR count). The number of carbonyl (C=O) groups excluding carboxylic acids is 1. The van der Waals surface area contributed by atoms with Crippen LogP contribution in [0.25, 0.3) is 0 Å². The van der Waals surface area contributed by atoms with Crippen molar-refractivity contribution in [1.29, 1.82) is 0 Å². The Balaban J connectivity index is 2.39. The lowest BCUT2D eigenvalue weighted by Gasteiger charge is -2.36. The third-order valence-corrected chi connectivity index (χ3v) is 3.22. The third kappa shape index (κ3) is 0.647. The van der Waals surface area contributed by atoms with Crippen LogP contribution < -0.4 is 5.32 Å². The van der Waals surface area contributed by atoms with E-state index in [1.54, 1.807) is 0 Å². The summed E-state index contributed by atoms with van der Waals surface area (Å²) in [6.45, 7) is 4.06. The SMILES string of the molecule is CC1=C(C)C2(CCC2)C(=O)N1. The van der Waals surface area contributed by atoms with Crippen molar-refractivity contribution in [3.05, 3.63) is 11.3 Å². The van der Waals surface area contributed by atoms with Crippen molar-refractivity contribution < 1.29 is 4.79 Å². The molecule has 1 spiro atoms. The molecule has 0 aromatic heterocycles. The summed E-state index contributed by atoms with van der Waals surface area (Å²) < 4.78 is 0. The van der Waals surface area contributed by atoms with E-state index in [-0.39, 0.29) is 11.3 Å². The quantitative estimate of drug-likeness (QED) is 0.559. The lowest BCUT2D eigenvalue weighted by Crippen LogP contribution is -2.39. The summed E-state index contributed by atoms with van der Waals surface area (Å²) in [6, 6.07) is 0. The number of carbonyl (C=O) groups is 1. The van der Waals surface area contributed by atoms with Gasteiger partial charge in [-0.05, 0) is 32.3 Å². The van der Waals surface area contributed by atoms with E-state index in [0.29, 0.717) is 0 Å². The third-order valence-electron chi connectivity index (χ3n) is 3.22. The highest BCUT2D eigenvalue weighted by Gasteiger charge is 2.49. The van der Waals surface area contributed by atoms with E-state index in [1.165, 1.54) is 12.0 Å². The summed E-state index contributed by atoms with van der Waals surface area (Å²) in [6.07, 6.45) is 3.32. The van der Waals surface area contributed by atoms with Crippen LogP contribution in [0, 0.1) is 5.41 Å². The molecule has 1 aliphatic carbocycles. The Morgan fingerprint density at radius 3 is 2.18 bits per heavy atom. The largest absolute Gasteiger partial charge is 0.329 e. The van der Waals surface area contributed by atoms with E-state index < -0.39 is 0 Å². The van der Waals surface area contributed by atoms with E-state index in [9.17, 15) is 4.79 Å². The van der Waals surface area contributed by atoms with Crippen molar-refractivity contribution in [2.45, 2.75) is 33.1 Å². The second-order valence-electron chi connectivity index (χ2n) is 3.64. The van der Waals surface area contributed by atoms with Crippen LogP contribution >= 0.6 is 0 Å². The zero-order valence-corrected chi connectivity index (χ0v) is 7.03. The lowest BCUT2D eigenvalue weighted by atomic mass is 9.65. The van der Waals surface area contributed by atoms with Gasteiger partial charge in [-0.3, -0.25) is 4.79 Å². The summed E-state index contributed by atoms with van der Waals surface area (Å²) in [5.41, 5.74) is 2.29. The minimum Gasteiger partial charge on any atom is -0.329 e. The van der Waals surface area contributed by atoms with Crippen LogP contribution in [0.4, 0.5) is 0 Å². The predicted molar refractivity (Wildman–Crippen MR) is 42.8 cm³/mol. The van der Waals surface area contributed by atoms with Crippen LogP contribution in [0.2, 0.25) is 0 Å². The van der Waals surface area contributed by atoms with Gasteiger partial charge in [0.15, 0.2) is 0 Å². The fraction of sp³-hybridized carbons (Fsp3) is 0.667. The molecule has 60 valence electrons. The minimum atomic E-state index is -0.0654. The van der Waals surface area contributed by atoms with Gasteiger partial charge in [0.05, 0.1) is 5.41 Å². The molecule has 0 aromatic carbocycles. The van der Waals surface area contributed by atoms with Gasteiger partial charge in [0.1, 0.15) is 0 Å². The van der Waals surface area contributed by atoms with Gasteiger partial charge in [-0.15, -0.1) is 0 Å². The van der Waals surface area contributed by atoms with Crippen molar-refractivity contribution in [2.75, 3.05) is 0 Å². The summed E-state index contributed by atoms with van der Waals surface area (Å²) in [5, 5.41) is 2.90. The van der Waals surface area contributed by atoms with Crippen molar-refractivity contribution in [3.8, 4) is 0 Å². The molecule has 0 bridgehead atoms. The van der Waals surface area contributed by atoms with Gasteiger partial charge in [0.2, 0.25) is 5.91 Å². The van der Waals surface area contributed by atoms with Gasteiger partial charge in [-0.2, -0.15) is 0 Å². The number of rotatable bonds is 0. The molecule has 2 aliphatic rings. The monoisotopic (exact) mass is 151 g/mol. The maximum Gasteiger partial charge on any atom is 0.234 e. The molecule has 0 saturated heterocycles. The number of amides is 1. The number of hydrogen-bond donors (Lipinski definition) is 1. The second kappa shape index (κ2) is 1.87. The molecule has 1 N–H and O–H groups in total. The molecule has 1 fully saturated rings. The molecule has 0 atom stereocenters. The Kier molecular flexibility index (Phi) is 1.17. The molecule has 0 aromatic rings. The van der Waals surface area contributed by atoms with Crippen LogP contribution in [0.5, 0.6) is 0 Å². The Morgan fingerprint density at radius 2 is 2.00 bits per heavy atom. The molecule has 0 radical (unpaired) electrons. The fourth-order valence-corrected chi connectivity index (χ4v) is 2.05. The molecule has 2 heteroatoms. The Labute approximate surface area is 66.7 Å². The second-order valence-corrected chi connectivity index (χ2v) is 3.64. The van der Waals surface area contributed by atoms with E-state index in [2.05, 4.69) is 12.2 Å². The van der Waals surface area contributed by atoms with Crippen molar-refractivity contribution >= 4 is 5.91 Å². The summed E-state index contributed by atoms with van der Waals surface area (Å²) in [7, 11) is 0. The maximum atomic E-state index is 11.4. The Morgan fingerprint density at radius 1 is 1.36 bits per heavy atom. The molecule has 11 heavy (non-hydrogen) atoms. The fourth-order valence-electron chi connectivity index (χ4n) is 2.05. The molecule has 1 saturated carbocycles. The van der Waals surface area contributed by atoms with E-state index >= 15 is 0 Å². The first kappa shape index (κ1) is 6.89. The minimum absolute atomic E-state index is 0.0654. The van der Waals surface area contributed by atoms with Crippen LogP contribution in [0.15, 0.2) is 11.3 Å². The first-order chi connectivity index (χ1) is 5.17. The standard InChI is InChI=1S/C9H13NO/c1-6-7(2)10-8(11)9(6)4-3-5-9/h3-5H2,1-2H3,(H,10,11). The van der Waals surface area contributed by atoms with Crippen LogP contribution in [0.3, 0.4) is 0 Å². The van der Waals surface area contributed by atoms with Crippen molar-refractivity contribution in [2.24, 2.45) is 5.41 Å². The van der Waals surface area contributed by atoms with Crippen LogP contribution in [-0.2, 0) is 4.79 Å². The van der Waals surface area contributed by atoms with Gasteiger partial charge in [0, 0.05) is 5.70 Å². The molecular formula is C9H13NO. The number of nitrogens with one attached hydrogen (secondary N) is 1.